The van der Waals surface area contributed by atoms with E-state index in [1.807, 2.05) is 25.7 Å². The number of rotatable bonds is 5. The summed E-state index contributed by atoms with van der Waals surface area (Å²) in [5, 5.41) is 3.60. The van der Waals surface area contributed by atoms with Crippen LogP contribution in [0.1, 0.15) is 52.9 Å². The van der Waals surface area contributed by atoms with Gasteiger partial charge in [-0.05, 0) is 77.8 Å². The summed E-state index contributed by atoms with van der Waals surface area (Å²) in [6.07, 6.45) is 10.5. The molecule has 1 saturated heterocycles. The van der Waals surface area contributed by atoms with Crippen molar-refractivity contribution in [3.63, 3.8) is 0 Å². The monoisotopic (exact) mass is 308 g/mol. The van der Waals surface area contributed by atoms with Crippen molar-refractivity contribution in [3.8, 4) is 0 Å². The number of allylic oxidation sites excluding steroid dienone is 2. The first kappa shape index (κ1) is 17.3. The maximum absolute atomic E-state index is 12.0. The van der Waals surface area contributed by atoms with Crippen LogP contribution in [0.3, 0.4) is 0 Å². The highest BCUT2D eigenvalue weighted by molar-refractivity contribution is 5.68. The molecule has 2 unspecified atom stereocenters. The molecule has 0 aromatic rings. The van der Waals surface area contributed by atoms with E-state index < -0.39 is 5.60 Å². The van der Waals surface area contributed by atoms with Gasteiger partial charge in [-0.2, -0.15) is 0 Å². The number of hydrogen-bond acceptors (Lipinski definition) is 3. The van der Waals surface area contributed by atoms with Crippen molar-refractivity contribution in [2.24, 2.45) is 11.8 Å². The Labute approximate surface area is 135 Å². The summed E-state index contributed by atoms with van der Waals surface area (Å²) in [7, 11) is 0. The van der Waals surface area contributed by atoms with Crippen molar-refractivity contribution < 1.29 is 9.53 Å². The van der Waals surface area contributed by atoms with Crippen molar-refractivity contribution in [2.45, 2.75) is 58.5 Å². The predicted molar refractivity (Wildman–Crippen MR) is 89.9 cm³/mol. The van der Waals surface area contributed by atoms with Gasteiger partial charge in [0.15, 0.2) is 0 Å². The Morgan fingerprint density at radius 3 is 2.77 bits per heavy atom. The minimum atomic E-state index is -0.398. The normalized spacial score (nSPS) is 25.5. The number of amides is 1. The largest absolute Gasteiger partial charge is 0.444 e. The molecule has 0 aromatic carbocycles. The van der Waals surface area contributed by atoms with Crippen LogP contribution in [0, 0.1) is 11.8 Å². The molecule has 0 spiro atoms. The van der Waals surface area contributed by atoms with Crippen molar-refractivity contribution in [1.82, 2.24) is 10.2 Å². The predicted octanol–water partition coefficient (Wildman–Crippen LogP) is 3.58. The average Bonchev–Trinajstić information content (AvgIpc) is 2.92. The molecule has 2 rings (SSSR count). The van der Waals surface area contributed by atoms with Crippen LogP contribution in [-0.4, -0.2) is 42.8 Å². The quantitative estimate of drug-likeness (QED) is 0.623. The lowest BCUT2D eigenvalue weighted by molar-refractivity contribution is 0.0287. The van der Waals surface area contributed by atoms with Crippen molar-refractivity contribution in [1.29, 1.82) is 0 Å². The molecule has 4 nitrogen and oxygen atoms in total. The number of ether oxygens (including phenoxy) is 1. The lowest BCUT2D eigenvalue weighted by Gasteiger charge is -2.24. The van der Waals surface area contributed by atoms with Crippen molar-refractivity contribution in [3.05, 3.63) is 12.2 Å². The molecule has 2 atom stereocenters. The van der Waals surface area contributed by atoms with Gasteiger partial charge in [-0.1, -0.05) is 12.2 Å². The summed E-state index contributed by atoms with van der Waals surface area (Å²) in [4.78, 5) is 13.9. The summed E-state index contributed by atoms with van der Waals surface area (Å²) in [5.74, 6) is 1.43. The molecule has 1 amide bonds. The minimum Gasteiger partial charge on any atom is -0.444 e. The molecule has 1 heterocycles. The van der Waals surface area contributed by atoms with Crippen molar-refractivity contribution >= 4 is 6.09 Å². The standard InChI is InChI=1S/C18H32N2O2/c1-18(2,3)22-17(21)20-12-10-16(14-20)9-11-19-13-15-7-5-4-6-8-15/h4-5,15-16,19H,6-14H2,1-3H3. The summed E-state index contributed by atoms with van der Waals surface area (Å²) in [6, 6.07) is 0. The molecule has 1 fully saturated rings. The second kappa shape index (κ2) is 8.00. The van der Waals surface area contributed by atoms with Crippen LogP contribution in [0.5, 0.6) is 0 Å². The second-order valence-corrected chi connectivity index (χ2v) is 7.72. The number of carbonyl (C=O) groups is 1. The van der Waals surface area contributed by atoms with Crippen LogP contribution >= 0.6 is 0 Å². The van der Waals surface area contributed by atoms with Crippen LogP contribution < -0.4 is 5.32 Å². The first-order valence-corrected chi connectivity index (χ1v) is 8.77. The van der Waals surface area contributed by atoms with Crippen LogP contribution in [0.2, 0.25) is 0 Å². The summed E-state index contributed by atoms with van der Waals surface area (Å²) in [5.41, 5.74) is -0.398. The molecule has 4 heteroatoms. The maximum atomic E-state index is 12.0. The van der Waals surface area contributed by atoms with Crippen LogP contribution in [0.25, 0.3) is 0 Å². The van der Waals surface area contributed by atoms with E-state index in [2.05, 4.69) is 17.5 Å². The Hall–Kier alpha value is -1.03. The fourth-order valence-electron chi connectivity index (χ4n) is 3.21. The molecule has 0 saturated carbocycles. The molecule has 22 heavy (non-hydrogen) atoms. The third kappa shape index (κ3) is 5.99. The summed E-state index contributed by atoms with van der Waals surface area (Å²) >= 11 is 0. The molecule has 0 bridgehead atoms. The first-order chi connectivity index (χ1) is 10.4. The van der Waals surface area contributed by atoms with E-state index in [0.717, 1.165) is 44.9 Å². The highest BCUT2D eigenvalue weighted by Crippen LogP contribution is 2.22. The lowest BCUT2D eigenvalue weighted by Crippen LogP contribution is -2.35. The van der Waals surface area contributed by atoms with E-state index in [4.69, 9.17) is 4.74 Å². The Kier molecular flexibility index (Phi) is 6.30. The van der Waals surface area contributed by atoms with E-state index in [1.54, 1.807) is 0 Å². The van der Waals surface area contributed by atoms with E-state index in [9.17, 15) is 4.79 Å². The smallest absolute Gasteiger partial charge is 0.410 e. The van der Waals surface area contributed by atoms with Gasteiger partial charge in [0.2, 0.25) is 0 Å². The Balaban J connectivity index is 1.58. The lowest BCUT2D eigenvalue weighted by atomic mass is 9.94. The third-order valence-electron chi connectivity index (χ3n) is 4.48. The SMILES string of the molecule is CC(C)(C)OC(=O)N1CCC(CCNCC2CC=CCC2)C1. The van der Waals surface area contributed by atoms with E-state index >= 15 is 0 Å². The number of carbonyl (C=O) groups excluding carboxylic acids is 1. The second-order valence-electron chi connectivity index (χ2n) is 7.72. The molecule has 1 N–H and O–H groups in total. The molecular formula is C18H32N2O2. The molecule has 126 valence electrons. The van der Waals surface area contributed by atoms with Gasteiger partial charge in [0, 0.05) is 13.1 Å². The first-order valence-electron chi connectivity index (χ1n) is 8.77. The van der Waals surface area contributed by atoms with Gasteiger partial charge in [0.25, 0.3) is 0 Å². The van der Waals surface area contributed by atoms with E-state index in [-0.39, 0.29) is 6.09 Å². The highest BCUT2D eigenvalue weighted by atomic mass is 16.6. The Morgan fingerprint density at radius 2 is 2.09 bits per heavy atom. The van der Waals surface area contributed by atoms with Crippen LogP contribution in [0.4, 0.5) is 4.79 Å². The molecular weight excluding hydrogens is 276 g/mol. The van der Waals surface area contributed by atoms with Gasteiger partial charge in [0.05, 0.1) is 0 Å². The minimum absolute atomic E-state index is 0.156. The third-order valence-corrected chi connectivity index (χ3v) is 4.48. The number of likely N-dealkylation sites (tertiary alicyclic amines) is 1. The van der Waals surface area contributed by atoms with Gasteiger partial charge in [0.1, 0.15) is 5.60 Å². The zero-order valence-corrected chi connectivity index (χ0v) is 14.4. The number of nitrogens with zero attached hydrogens (tertiary/aromatic N) is 1. The van der Waals surface area contributed by atoms with Gasteiger partial charge < -0.3 is 15.0 Å². The van der Waals surface area contributed by atoms with E-state index in [1.165, 1.54) is 19.3 Å². The highest BCUT2D eigenvalue weighted by Gasteiger charge is 2.29. The molecule has 1 aliphatic carbocycles. The molecule has 1 aliphatic heterocycles. The maximum Gasteiger partial charge on any atom is 0.410 e. The topological polar surface area (TPSA) is 41.6 Å². The van der Waals surface area contributed by atoms with E-state index in [0.29, 0.717) is 5.92 Å². The van der Waals surface area contributed by atoms with Crippen LogP contribution in [0.15, 0.2) is 12.2 Å². The fraction of sp³-hybridized carbons (Fsp3) is 0.833. The van der Waals surface area contributed by atoms with Gasteiger partial charge in [-0.3, -0.25) is 0 Å². The number of hydrogen-bond donors (Lipinski definition) is 1. The Morgan fingerprint density at radius 1 is 1.27 bits per heavy atom. The summed E-state index contributed by atoms with van der Waals surface area (Å²) < 4.78 is 5.44. The van der Waals surface area contributed by atoms with Gasteiger partial charge in [-0.15, -0.1) is 0 Å². The zero-order chi connectivity index (χ0) is 16.0. The molecule has 0 radical (unpaired) electrons. The van der Waals surface area contributed by atoms with Crippen molar-refractivity contribution in [2.75, 3.05) is 26.2 Å². The molecule has 2 aliphatic rings. The summed E-state index contributed by atoms with van der Waals surface area (Å²) in [6.45, 7) is 9.64. The average molecular weight is 308 g/mol. The fourth-order valence-corrected chi connectivity index (χ4v) is 3.21. The van der Waals surface area contributed by atoms with Crippen LogP contribution in [-0.2, 0) is 4.74 Å². The zero-order valence-electron chi connectivity index (χ0n) is 14.4. The molecule has 0 aromatic heterocycles. The Bertz CT molecular complexity index is 387. The number of nitrogens with one attached hydrogen (secondary N) is 1. The van der Waals surface area contributed by atoms with Gasteiger partial charge in [-0.25, -0.2) is 4.79 Å². The van der Waals surface area contributed by atoms with Gasteiger partial charge >= 0.3 is 6.09 Å².